The van der Waals surface area contributed by atoms with Gasteiger partial charge in [0.25, 0.3) is 5.91 Å². The number of aliphatic carboxylic acids is 1. The summed E-state index contributed by atoms with van der Waals surface area (Å²) < 4.78 is 0. The van der Waals surface area contributed by atoms with E-state index in [1.165, 1.54) is 0 Å². The number of halogens is 1. The van der Waals surface area contributed by atoms with Crippen LogP contribution in [0.2, 0.25) is 5.02 Å². The molecular formula is C29H30ClN3O4. The molecule has 0 bridgehead atoms. The predicted octanol–water partition coefficient (Wildman–Crippen LogP) is 5.44. The van der Waals surface area contributed by atoms with Gasteiger partial charge in [0.1, 0.15) is 0 Å². The van der Waals surface area contributed by atoms with Crippen molar-refractivity contribution in [2.24, 2.45) is 0 Å². The van der Waals surface area contributed by atoms with E-state index in [0.717, 1.165) is 22.5 Å². The molecule has 2 amide bonds. The Balaban J connectivity index is 1.59. The fourth-order valence-electron chi connectivity index (χ4n) is 4.85. The summed E-state index contributed by atoms with van der Waals surface area (Å²) in [6, 6.07) is 21.9. The Morgan fingerprint density at radius 2 is 1.70 bits per heavy atom. The first-order valence-electron chi connectivity index (χ1n) is 12.3. The van der Waals surface area contributed by atoms with Gasteiger partial charge in [-0.1, -0.05) is 41.9 Å². The van der Waals surface area contributed by atoms with Crippen molar-refractivity contribution in [1.29, 1.82) is 0 Å². The van der Waals surface area contributed by atoms with Crippen LogP contribution in [0.5, 0.6) is 0 Å². The SMILES string of the molecule is CC(=O)N(c1ccc(Cl)cc1)[C@@H]1C[C@H](C)N(C(=O)c2ccc(CNCCC(=O)O)cc2)c2ccccc21. The summed E-state index contributed by atoms with van der Waals surface area (Å²) in [6.45, 7) is 4.46. The van der Waals surface area contributed by atoms with Gasteiger partial charge < -0.3 is 20.2 Å². The van der Waals surface area contributed by atoms with Crippen LogP contribution in [0.3, 0.4) is 0 Å². The standard InChI is InChI=1S/C29H30ClN3O4/c1-19-17-27(33(20(2)34)24-13-11-23(30)12-14-24)25-5-3-4-6-26(25)32(19)29(37)22-9-7-21(8-10-22)18-31-16-15-28(35)36/h3-14,19,27,31H,15-18H2,1-2H3,(H,35,36)/t19-,27+/m0/s1. The van der Waals surface area contributed by atoms with Crippen LogP contribution in [0.25, 0.3) is 0 Å². The number of nitrogens with one attached hydrogen (secondary N) is 1. The van der Waals surface area contributed by atoms with Crippen LogP contribution < -0.4 is 15.1 Å². The summed E-state index contributed by atoms with van der Waals surface area (Å²) in [4.78, 5) is 40.8. The van der Waals surface area contributed by atoms with Crippen LogP contribution in [0.1, 0.15) is 54.2 Å². The molecule has 0 aromatic heterocycles. The monoisotopic (exact) mass is 519 g/mol. The quantitative estimate of drug-likeness (QED) is 0.387. The van der Waals surface area contributed by atoms with E-state index in [1.54, 1.807) is 36.1 Å². The molecule has 4 rings (SSSR count). The summed E-state index contributed by atoms with van der Waals surface area (Å²) in [7, 11) is 0. The van der Waals surface area contributed by atoms with E-state index in [4.69, 9.17) is 16.7 Å². The van der Waals surface area contributed by atoms with Crippen molar-refractivity contribution in [2.45, 2.75) is 45.3 Å². The normalized spacial score (nSPS) is 16.7. The summed E-state index contributed by atoms with van der Waals surface area (Å²) in [5, 5.41) is 12.4. The molecule has 1 aliphatic rings. The molecule has 0 saturated heterocycles. The van der Waals surface area contributed by atoms with Gasteiger partial charge in [0.05, 0.1) is 12.5 Å². The van der Waals surface area contributed by atoms with Crippen molar-refractivity contribution in [1.82, 2.24) is 5.32 Å². The Labute approximate surface area is 221 Å². The molecule has 0 unspecified atom stereocenters. The van der Waals surface area contributed by atoms with E-state index in [1.807, 2.05) is 60.4 Å². The van der Waals surface area contributed by atoms with Crippen LogP contribution in [0.15, 0.2) is 72.8 Å². The van der Waals surface area contributed by atoms with E-state index >= 15 is 0 Å². The molecule has 0 spiro atoms. The second kappa shape index (κ2) is 11.6. The molecule has 8 heteroatoms. The van der Waals surface area contributed by atoms with Gasteiger partial charge in [-0.2, -0.15) is 0 Å². The molecule has 7 nitrogen and oxygen atoms in total. The third kappa shape index (κ3) is 6.01. The van der Waals surface area contributed by atoms with Crippen LogP contribution in [-0.2, 0) is 16.1 Å². The topological polar surface area (TPSA) is 90.0 Å². The van der Waals surface area contributed by atoms with Crippen LogP contribution in [0.4, 0.5) is 11.4 Å². The highest BCUT2D eigenvalue weighted by Gasteiger charge is 2.38. The van der Waals surface area contributed by atoms with Gasteiger partial charge in [0.15, 0.2) is 0 Å². The van der Waals surface area contributed by atoms with Gasteiger partial charge in [0.2, 0.25) is 5.91 Å². The number of rotatable bonds is 8. The number of carboxylic acids is 1. The summed E-state index contributed by atoms with van der Waals surface area (Å²) >= 11 is 6.08. The maximum Gasteiger partial charge on any atom is 0.304 e. The largest absolute Gasteiger partial charge is 0.481 e. The maximum absolute atomic E-state index is 13.7. The van der Waals surface area contributed by atoms with Crippen molar-refractivity contribution in [2.75, 3.05) is 16.3 Å². The Bertz CT molecular complexity index is 1280. The second-order valence-electron chi connectivity index (χ2n) is 9.22. The number of carbonyl (C=O) groups is 3. The molecular weight excluding hydrogens is 490 g/mol. The van der Waals surface area contributed by atoms with Gasteiger partial charge in [0, 0.05) is 48.0 Å². The molecule has 192 valence electrons. The number of hydrogen-bond acceptors (Lipinski definition) is 4. The van der Waals surface area contributed by atoms with Gasteiger partial charge in [-0.05, 0) is 66.9 Å². The number of nitrogens with zero attached hydrogens (tertiary/aromatic N) is 2. The Morgan fingerprint density at radius 1 is 1.03 bits per heavy atom. The number of carbonyl (C=O) groups excluding carboxylic acids is 2. The number of fused-ring (bicyclic) bond motifs is 1. The lowest BCUT2D eigenvalue weighted by atomic mass is 9.89. The molecule has 2 atom stereocenters. The number of anilines is 2. The predicted molar refractivity (Wildman–Crippen MR) is 145 cm³/mol. The van der Waals surface area contributed by atoms with Crippen LogP contribution in [-0.4, -0.2) is 35.5 Å². The highest BCUT2D eigenvalue weighted by atomic mass is 35.5. The lowest BCUT2D eigenvalue weighted by Gasteiger charge is -2.43. The van der Waals surface area contributed by atoms with Crippen LogP contribution >= 0.6 is 11.6 Å². The third-order valence-corrected chi connectivity index (χ3v) is 6.83. The third-order valence-electron chi connectivity index (χ3n) is 6.58. The number of benzene rings is 3. The van der Waals surface area contributed by atoms with Crippen molar-refractivity contribution in [3.63, 3.8) is 0 Å². The summed E-state index contributed by atoms with van der Waals surface area (Å²) in [5.41, 5.74) is 4.00. The first-order chi connectivity index (χ1) is 17.8. The van der Waals surface area contributed by atoms with Crippen molar-refractivity contribution in [3.05, 3.63) is 94.5 Å². The molecule has 2 N–H and O–H groups in total. The number of amides is 2. The fourth-order valence-corrected chi connectivity index (χ4v) is 4.98. The van der Waals surface area contributed by atoms with E-state index in [0.29, 0.717) is 30.1 Å². The highest BCUT2D eigenvalue weighted by Crippen LogP contribution is 2.42. The Hall–Kier alpha value is -3.68. The summed E-state index contributed by atoms with van der Waals surface area (Å²) in [6.07, 6.45) is 0.638. The number of carboxylic acid groups (broad SMARTS) is 1. The highest BCUT2D eigenvalue weighted by molar-refractivity contribution is 6.30. The zero-order chi connectivity index (χ0) is 26.5. The van der Waals surface area contributed by atoms with Gasteiger partial charge in [-0.3, -0.25) is 14.4 Å². The zero-order valence-corrected chi connectivity index (χ0v) is 21.6. The fraction of sp³-hybridized carbons (Fsp3) is 0.276. The lowest BCUT2D eigenvalue weighted by Crippen LogP contribution is -2.47. The number of hydrogen-bond donors (Lipinski definition) is 2. The van der Waals surface area contributed by atoms with Gasteiger partial charge in [-0.15, -0.1) is 0 Å². The molecule has 0 radical (unpaired) electrons. The molecule has 37 heavy (non-hydrogen) atoms. The molecule has 1 aliphatic heterocycles. The van der Waals surface area contributed by atoms with Crippen molar-refractivity contribution < 1.29 is 19.5 Å². The Kier molecular flexibility index (Phi) is 8.26. The first kappa shape index (κ1) is 26.4. The van der Waals surface area contributed by atoms with Crippen molar-refractivity contribution in [3.8, 4) is 0 Å². The molecule has 1 heterocycles. The minimum Gasteiger partial charge on any atom is -0.481 e. The first-order valence-corrected chi connectivity index (χ1v) is 12.6. The minimum absolute atomic E-state index is 0.0584. The molecule has 0 saturated carbocycles. The van der Waals surface area contributed by atoms with Gasteiger partial charge >= 0.3 is 5.97 Å². The molecule has 0 aliphatic carbocycles. The Morgan fingerprint density at radius 3 is 2.35 bits per heavy atom. The lowest BCUT2D eigenvalue weighted by molar-refractivity contribution is -0.136. The number of para-hydroxylation sites is 1. The van der Waals surface area contributed by atoms with Gasteiger partial charge in [-0.25, -0.2) is 0 Å². The summed E-state index contributed by atoms with van der Waals surface area (Å²) in [5.74, 6) is -1.03. The molecule has 3 aromatic rings. The second-order valence-corrected chi connectivity index (χ2v) is 9.65. The van der Waals surface area contributed by atoms with E-state index in [2.05, 4.69) is 5.32 Å². The van der Waals surface area contributed by atoms with Crippen LogP contribution in [0, 0.1) is 0 Å². The van der Waals surface area contributed by atoms with E-state index in [-0.39, 0.29) is 30.3 Å². The average molecular weight is 520 g/mol. The smallest absolute Gasteiger partial charge is 0.304 e. The molecule has 3 aromatic carbocycles. The average Bonchev–Trinajstić information content (AvgIpc) is 2.88. The van der Waals surface area contributed by atoms with Crippen molar-refractivity contribution >= 4 is 40.8 Å². The van der Waals surface area contributed by atoms with E-state index in [9.17, 15) is 14.4 Å². The zero-order valence-electron chi connectivity index (χ0n) is 20.9. The maximum atomic E-state index is 13.7. The molecule has 0 fully saturated rings. The van der Waals surface area contributed by atoms with E-state index < -0.39 is 5.97 Å². The minimum atomic E-state index is -0.841.